The maximum Gasteiger partial charge on any atom is 0.467 e. The molecule has 1 N–H and O–H groups in total. The highest BCUT2D eigenvalue weighted by Gasteiger charge is 2.38. The first-order valence-electron chi connectivity index (χ1n) is 7.96. The summed E-state index contributed by atoms with van der Waals surface area (Å²) in [5.41, 5.74) is 1.01. The van der Waals surface area contributed by atoms with Gasteiger partial charge in [-0.15, -0.1) is 0 Å². The molecule has 0 saturated heterocycles. The van der Waals surface area contributed by atoms with Gasteiger partial charge in [-0.3, -0.25) is 5.41 Å². The second kappa shape index (κ2) is 7.38. The fourth-order valence-corrected chi connectivity index (χ4v) is 2.88. The number of hydrogen-bond acceptors (Lipinski definition) is 3. The van der Waals surface area contributed by atoms with Crippen LogP contribution in [0.3, 0.4) is 0 Å². The Hall–Kier alpha value is -0.823. The molecule has 1 fully saturated rings. The number of ether oxygens (including phenoxy) is 1. The van der Waals surface area contributed by atoms with Gasteiger partial charge in [-0.25, -0.2) is 0 Å². The Labute approximate surface area is 137 Å². The number of rotatable bonds is 6. The van der Waals surface area contributed by atoms with Crippen LogP contribution in [0.5, 0.6) is 0 Å². The van der Waals surface area contributed by atoms with E-state index in [1.54, 1.807) is 6.08 Å². The molecule has 1 aliphatic carbocycles. The molecule has 7 heteroatoms. The van der Waals surface area contributed by atoms with Crippen LogP contribution in [0, 0.1) is 11.3 Å². The van der Waals surface area contributed by atoms with Crippen LogP contribution >= 0.6 is 0 Å². The van der Waals surface area contributed by atoms with Crippen molar-refractivity contribution in [3.05, 3.63) is 11.6 Å². The number of halogens is 3. The van der Waals surface area contributed by atoms with Crippen LogP contribution < -0.4 is 0 Å². The minimum Gasteiger partial charge on any atom is -0.470 e. The first-order chi connectivity index (χ1) is 10.3. The van der Waals surface area contributed by atoms with Crippen LogP contribution in [0.15, 0.2) is 11.6 Å². The van der Waals surface area contributed by atoms with E-state index in [1.807, 2.05) is 0 Å². The summed E-state index contributed by atoms with van der Waals surface area (Å²) in [6.07, 6.45) is 0.174. The molecule has 0 aromatic carbocycles. The molecule has 0 unspecified atom stereocenters. The Morgan fingerprint density at radius 1 is 1.22 bits per heavy atom. The summed E-state index contributed by atoms with van der Waals surface area (Å²) >= 11 is 0. The van der Waals surface area contributed by atoms with Crippen LogP contribution in [-0.4, -0.2) is 33.6 Å². The smallest absolute Gasteiger partial charge is 0.467 e. The van der Waals surface area contributed by atoms with Crippen molar-refractivity contribution < 1.29 is 22.3 Å². The minimum atomic E-state index is -4.72. The third-order valence-corrected chi connectivity index (χ3v) is 9.34. The molecule has 3 nitrogen and oxygen atoms in total. The third-order valence-electron chi connectivity index (χ3n) is 4.87. The number of alkyl halides is 3. The molecule has 0 bridgehead atoms. The molecule has 0 amide bonds. The molecule has 1 saturated carbocycles. The number of nitrogens with one attached hydrogen (secondary N) is 1. The summed E-state index contributed by atoms with van der Waals surface area (Å²) < 4.78 is 47.4. The molecule has 0 aromatic rings. The fraction of sp³-hybridized carbons (Fsp3) is 0.812. The summed E-state index contributed by atoms with van der Waals surface area (Å²) in [6.45, 7) is 11.0. The molecule has 134 valence electrons. The predicted molar refractivity (Wildman–Crippen MR) is 88.3 cm³/mol. The van der Waals surface area contributed by atoms with Gasteiger partial charge < -0.3 is 9.16 Å². The second-order valence-corrected chi connectivity index (χ2v) is 12.4. The van der Waals surface area contributed by atoms with Crippen LogP contribution in [-0.2, 0) is 9.16 Å². The van der Waals surface area contributed by atoms with E-state index in [1.165, 1.54) is 0 Å². The van der Waals surface area contributed by atoms with Crippen LogP contribution in [0.4, 0.5) is 13.2 Å². The summed E-state index contributed by atoms with van der Waals surface area (Å²) in [6, 6.07) is 0. The van der Waals surface area contributed by atoms with Gasteiger partial charge in [0.2, 0.25) is 0 Å². The van der Waals surface area contributed by atoms with Crippen molar-refractivity contribution in [3.8, 4) is 0 Å². The highest BCUT2D eigenvalue weighted by atomic mass is 28.4. The van der Waals surface area contributed by atoms with Crippen molar-refractivity contribution in [1.82, 2.24) is 0 Å². The molecular formula is C16H28F3NO2Si. The van der Waals surface area contributed by atoms with Crippen LogP contribution in [0.2, 0.25) is 18.1 Å². The predicted octanol–water partition coefficient (Wildman–Crippen LogP) is 5.29. The normalized spacial score (nSPS) is 17.8. The van der Waals surface area contributed by atoms with E-state index in [-0.39, 0.29) is 11.6 Å². The zero-order valence-corrected chi connectivity index (χ0v) is 15.6. The molecule has 1 aliphatic rings. The van der Waals surface area contributed by atoms with Crippen LogP contribution in [0.25, 0.3) is 0 Å². The molecule has 23 heavy (non-hydrogen) atoms. The Balaban J connectivity index is 2.63. The zero-order valence-electron chi connectivity index (χ0n) is 14.6. The first kappa shape index (κ1) is 20.2. The Morgan fingerprint density at radius 2 is 1.78 bits per heavy atom. The average molecular weight is 351 g/mol. The van der Waals surface area contributed by atoms with Gasteiger partial charge in [0.25, 0.3) is 5.90 Å². The average Bonchev–Trinajstić information content (AvgIpc) is 2.30. The second-order valence-electron chi connectivity index (χ2n) is 7.59. The topological polar surface area (TPSA) is 42.3 Å². The van der Waals surface area contributed by atoms with Gasteiger partial charge in [-0.1, -0.05) is 27.2 Å². The SMILES string of the molecule is CC(C)(C)[Si](C)(C)OCC(=CCOC(=N)C(F)(F)F)C1CCC1. The standard InChI is InChI=1S/C16H28F3NO2Si/c1-15(2,3)23(4,5)22-11-13(12-7-6-8-12)9-10-21-14(20)16(17,18)19/h9,12,20H,6-8,10-11H2,1-5H3. The monoisotopic (exact) mass is 351 g/mol. The lowest BCUT2D eigenvalue weighted by atomic mass is 9.80. The van der Waals surface area contributed by atoms with Gasteiger partial charge in [0, 0.05) is 0 Å². The summed E-state index contributed by atoms with van der Waals surface area (Å²) in [5.74, 6) is -1.27. The minimum absolute atomic E-state index is 0.0899. The lowest BCUT2D eigenvalue weighted by Gasteiger charge is -2.38. The largest absolute Gasteiger partial charge is 0.470 e. The molecule has 0 spiro atoms. The molecule has 0 aromatic heterocycles. The van der Waals surface area contributed by atoms with Crippen molar-refractivity contribution in [3.63, 3.8) is 0 Å². The molecule has 0 atom stereocenters. The van der Waals surface area contributed by atoms with Crippen molar-refractivity contribution >= 4 is 14.2 Å². The Bertz CT molecular complexity index is 449. The lowest BCUT2D eigenvalue weighted by Crippen LogP contribution is -2.41. The quantitative estimate of drug-likeness (QED) is 0.306. The van der Waals surface area contributed by atoms with E-state index < -0.39 is 20.4 Å². The summed E-state index contributed by atoms with van der Waals surface area (Å²) in [5, 5.41) is 6.92. The van der Waals surface area contributed by atoms with Gasteiger partial charge in [-0.05, 0) is 48.5 Å². The lowest BCUT2D eigenvalue weighted by molar-refractivity contribution is -0.0782. The van der Waals surface area contributed by atoms with Crippen molar-refractivity contribution in [2.24, 2.45) is 5.92 Å². The maximum absolute atomic E-state index is 12.3. The van der Waals surface area contributed by atoms with Gasteiger partial charge >= 0.3 is 6.18 Å². The first-order valence-corrected chi connectivity index (χ1v) is 10.9. The molecule has 0 heterocycles. The maximum atomic E-state index is 12.3. The summed E-state index contributed by atoms with van der Waals surface area (Å²) in [7, 11) is -1.90. The van der Waals surface area contributed by atoms with E-state index in [2.05, 4.69) is 38.6 Å². The fourth-order valence-electron chi connectivity index (χ4n) is 1.92. The third kappa shape index (κ3) is 5.95. The Morgan fingerprint density at radius 3 is 2.17 bits per heavy atom. The van der Waals surface area contributed by atoms with Gasteiger partial charge in [0.05, 0.1) is 6.61 Å². The highest BCUT2D eigenvalue weighted by Crippen LogP contribution is 2.38. The molecule has 0 aliphatic heterocycles. The molecular weight excluding hydrogens is 323 g/mol. The van der Waals surface area contributed by atoms with E-state index in [0.29, 0.717) is 12.5 Å². The van der Waals surface area contributed by atoms with Crippen LogP contribution in [0.1, 0.15) is 40.0 Å². The van der Waals surface area contributed by atoms with Gasteiger partial charge in [0.15, 0.2) is 8.32 Å². The van der Waals surface area contributed by atoms with Crippen molar-refractivity contribution in [2.45, 2.75) is 64.3 Å². The van der Waals surface area contributed by atoms with E-state index in [4.69, 9.17) is 9.84 Å². The van der Waals surface area contributed by atoms with E-state index >= 15 is 0 Å². The highest BCUT2D eigenvalue weighted by molar-refractivity contribution is 6.74. The number of hydrogen-bond donors (Lipinski definition) is 1. The van der Waals surface area contributed by atoms with E-state index in [9.17, 15) is 13.2 Å². The Kier molecular flexibility index (Phi) is 6.49. The van der Waals surface area contributed by atoms with E-state index in [0.717, 1.165) is 24.8 Å². The zero-order chi connectivity index (χ0) is 17.9. The van der Waals surface area contributed by atoms with Gasteiger partial charge in [-0.2, -0.15) is 13.2 Å². The summed E-state index contributed by atoms with van der Waals surface area (Å²) in [4.78, 5) is 0. The molecule has 1 rings (SSSR count). The van der Waals surface area contributed by atoms with Crippen molar-refractivity contribution in [2.75, 3.05) is 13.2 Å². The molecule has 0 radical (unpaired) electrons. The van der Waals surface area contributed by atoms with Crippen molar-refractivity contribution in [1.29, 1.82) is 5.41 Å². The van der Waals surface area contributed by atoms with Gasteiger partial charge in [0.1, 0.15) is 6.61 Å².